The van der Waals surface area contributed by atoms with E-state index in [0.717, 1.165) is 23.9 Å². The van der Waals surface area contributed by atoms with Crippen LogP contribution < -0.4 is 15.2 Å². The predicted molar refractivity (Wildman–Crippen MR) is 72.8 cm³/mol. The maximum absolute atomic E-state index is 12.9. The smallest absolute Gasteiger partial charge is 0.129 e. The molecule has 0 spiro atoms. The standard InChI is InChI=1S/C15H15F2NO2/c16-11-8-12(17)10-15(9-11)20-7-1-6-19-14-4-2-13(18)3-5-14/h2-5,8-10H,1,6-7,18H2. The molecule has 0 bridgehead atoms. The fraction of sp³-hybridized carbons (Fsp3) is 0.200. The minimum atomic E-state index is -0.655. The summed E-state index contributed by atoms with van der Waals surface area (Å²) >= 11 is 0. The molecule has 0 aromatic heterocycles. The number of halogens is 2. The fourth-order valence-corrected chi connectivity index (χ4v) is 1.61. The van der Waals surface area contributed by atoms with Crippen LogP contribution in [-0.2, 0) is 0 Å². The SMILES string of the molecule is Nc1ccc(OCCCOc2cc(F)cc(F)c2)cc1. The van der Waals surface area contributed by atoms with E-state index >= 15 is 0 Å². The Kier molecular flexibility index (Phi) is 4.76. The topological polar surface area (TPSA) is 44.5 Å². The zero-order chi connectivity index (χ0) is 14.4. The van der Waals surface area contributed by atoms with Crippen molar-refractivity contribution in [3.63, 3.8) is 0 Å². The maximum Gasteiger partial charge on any atom is 0.129 e. The zero-order valence-corrected chi connectivity index (χ0v) is 10.8. The summed E-state index contributed by atoms with van der Waals surface area (Å²) in [5.74, 6) is -0.415. The van der Waals surface area contributed by atoms with Gasteiger partial charge in [-0.15, -0.1) is 0 Å². The van der Waals surface area contributed by atoms with E-state index in [2.05, 4.69) is 0 Å². The minimum Gasteiger partial charge on any atom is -0.493 e. The lowest BCUT2D eigenvalue weighted by atomic mass is 10.3. The number of hydrogen-bond acceptors (Lipinski definition) is 3. The monoisotopic (exact) mass is 279 g/mol. The molecule has 2 rings (SSSR count). The van der Waals surface area contributed by atoms with Crippen LogP contribution in [0.15, 0.2) is 42.5 Å². The molecular weight excluding hydrogens is 264 g/mol. The molecule has 0 aliphatic heterocycles. The van der Waals surface area contributed by atoms with Crippen LogP contribution in [0.2, 0.25) is 0 Å². The first kappa shape index (κ1) is 14.1. The summed E-state index contributed by atoms with van der Waals surface area (Å²) in [5, 5.41) is 0. The van der Waals surface area contributed by atoms with E-state index in [0.29, 0.717) is 25.3 Å². The average Bonchev–Trinajstić information content (AvgIpc) is 2.39. The van der Waals surface area contributed by atoms with Gasteiger partial charge in [0.15, 0.2) is 0 Å². The Balaban J connectivity index is 1.70. The normalized spacial score (nSPS) is 10.3. The van der Waals surface area contributed by atoms with Crippen molar-refractivity contribution in [1.82, 2.24) is 0 Å². The summed E-state index contributed by atoms with van der Waals surface area (Å²) in [6.45, 7) is 0.763. The van der Waals surface area contributed by atoms with Gasteiger partial charge in [0.05, 0.1) is 13.2 Å². The van der Waals surface area contributed by atoms with Crippen molar-refractivity contribution in [2.75, 3.05) is 18.9 Å². The van der Waals surface area contributed by atoms with Crippen molar-refractivity contribution < 1.29 is 18.3 Å². The molecule has 0 unspecified atom stereocenters. The Hall–Kier alpha value is -2.30. The second-order valence-electron chi connectivity index (χ2n) is 4.22. The van der Waals surface area contributed by atoms with Gasteiger partial charge in [-0.3, -0.25) is 0 Å². The van der Waals surface area contributed by atoms with Gasteiger partial charge in [0, 0.05) is 30.3 Å². The quantitative estimate of drug-likeness (QED) is 0.651. The first-order valence-corrected chi connectivity index (χ1v) is 6.21. The molecule has 0 atom stereocenters. The summed E-state index contributed by atoms with van der Waals surface area (Å²) < 4.78 is 36.5. The Bertz CT molecular complexity index is 538. The first-order valence-electron chi connectivity index (χ1n) is 6.21. The van der Waals surface area contributed by atoms with Crippen LogP contribution in [0.5, 0.6) is 11.5 Å². The third kappa shape index (κ3) is 4.42. The molecule has 20 heavy (non-hydrogen) atoms. The van der Waals surface area contributed by atoms with E-state index in [-0.39, 0.29) is 5.75 Å². The van der Waals surface area contributed by atoms with Gasteiger partial charge >= 0.3 is 0 Å². The molecule has 2 aromatic rings. The average molecular weight is 279 g/mol. The van der Waals surface area contributed by atoms with E-state index < -0.39 is 11.6 Å². The molecule has 3 nitrogen and oxygen atoms in total. The van der Waals surface area contributed by atoms with Gasteiger partial charge in [-0.05, 0) is 24.3 Å². The summed E-state index contributed by atoms with van der Waals surface area (Å²) in [5.41, 5.74) is 6.23. The third-order valence-electron chi connectivity index (χ3n) is 2.54. The lowest BCUT2D eigenvalue weighted by Crippen LogP contribution is -2.05. The van der Waals surface area contributed by atoms with Crippen molar-refractivity contribution in [2.24, 2.45) is 0 Å². The molecule has 0 fully saturated rings. The van der Waals surface area contributed by atoms with Gasteiger partial charge in [0.2, 0.25) is 0 Å². The number of ether oxygens (including phenoxy) is 2. The molecule has 2 aromatic carbocycles. The number of nitrogen functional groups attached to an aromatic ring is 1. The molecule has 0 radical (unpaired) electrons. The zero-order valence-electron chi connectivity index (χ0n) is 10.8. The van der Waals surface area contributed by atoms with Gasteiger partial charge < -0.3 is 15.2 Å². The van der Waals surface area contributed by atoms with Gasteiger partial charge in [0.1, 0.15) is 23.1 Å². The third-order valence-corrected chi connectivity index (χ3v) is 2.54. The number of nitrogens with two attached hydrogens (primary N) is 1. The Labute approximate surface area is 115 Å². The summed E-state index contributed by atoms with van der Waals surface area (Å²) in [7, 11) is 0. The minimum absolute atomic E-state index is 0.176. The molecule has 2 N–H and O–H groups in total. The predicted octanol–water partition coefficient (Wildman–Crippen LogP) is 3.39. The van der Waals surface area contributed by atoms with Crippen molar-refractivity contribution in [2.45, 2.75) is 6.42 Å². The summed E-state index contributed by atoms with van der Waals surface area (Å²) in [6.07, 6.45) is 0.600. The van der Waals surface area contributed by atoms with Crippen molar-refractivity contribution in [3.05, 3.63) is 54.1 Å². The van der Waals surface area contributed by atoms with E-state index in [9.17, 15) is 8.78 Å². The highest BCUT2D eigenvalue weighted by Crippen LogP contribution is 2.16. The molecule has 0 aliphatic rings. The molecular formula is C15H15F2NO2. The first-order chi connectivity index (χ1) is 9.63. The molecule has 0 saturated heterocycles. The highest BCUT2D eigenvalue weighted by molar-refractivity contribution is 5.41. The van der Waals surface area contributed by atoms with Crippen LogP contribution >= 0.6 is 0 Å². The number of anilines is 1. The molecule has 106 valence electrons. The fourth-order valence-electron chi connectivity index (χ4n) is 1.61. The Morgan fingerprint density at radius 3 is 1.95 bits per heavy atom. The van der Waals surface area contributed by atoms with Crippen LogP contribution in [0.25, 0.3) is 0 Å². The van der Waals surface area contributed by atoms with E-state index in [4.69, 9.17) is 15.2 Å². The van der Waals surface area contributed by atoms with E-state index in [1.165, 1.54) is 0 Å². The molecule has 0 amide bonds. The second-order valence-corrected chi connectivity index (χ2v) is 4.22. The van der Waals surface area contributed by atoms with Crippen LogP contribution in [-0.4, -0.2) is 13.2 Å². The molecule has 0 saturated carbocycles. The lowest BCUT2D eigenvalue weighted by molar-refractivity contribution is 0.246. The maximum atomic E-state index is 12.9. The van der Waals surface area contributed by atoms with Crippen LogP contribution in [0, 0.1) is 11.6 Å². The van der Waals surface area contributed by atoms with Gasteiger partial charge in [-0.1, -0.05) is 0 Å². The number of rotatable bonds is 6. The van der Waals surface area contributed by atoms with Gasteiger partial charge in [0.25, 0.3) is 0 Å². The number of benzene rings is 2. The second kappa shape index (κ2) is 6.75. The summed E-state index contributed by atoms with van der Waals surface area (Å²) in [4.78, 5) is 0. The van der Waals surface area contributed by atoms with Crippen LogP contribution in [0.4, 0.5) is 14.5 Å². The lowest BCUT2D eigenvalue weighted by Gasteiger charge is -2.08. The van der Waals surface area contributed by atoms with Crippen LogP contribution in [0.3, 0.4) is 0 Å². The van der Waals surface area contributed by atoms with Gasteiger partial charge in [-0.25, -0.2) is 8.78 Å². The highest BCUT2D eigenvalue weighted by Gasteiger charge is 2.01. The number of hydrogen-bond donors (Lipinski definition) is 1. The highest BCUT2D eigenvalue weighted by atomic mass is 19.1. The van der Waals surface area contributed by atoms with E-state index in [1.54, 1.807) is 24.3 Å². The summed E-state index contributed by atoms with van der Waals surface area (Å²) in [6, 6.07) is 10.1. The van der Waals surface area contributed by atoms with Crippen molar-refractivity contribution in [1.29, 1.82) is 0 Å². The van der Waals surface area contributed by atoms with Crippen LogP contribution in [0.1, 0.15) is 6.42 Å². The van der Waals surface area contributed by atoms with Gasteiger partial charge in [-0.2, -0.15) is 0 Å². The van der Waals surface area contributed by atoms with E-state index in [1.807, 2.05) is 0 Å². The molecule has 0 heterocycles. The Morgan fingerprint density at radius 2 is 1.35 bits per heavy atom. The molecule has 5 heteroatoms. The van der Waals surface area contributed by atoms with Crippen molar-refractivity contribution in [3.8, 4) is 11.5 Å². The Morgan fingerprint density at radius 1 is 0.800 bits per heavy atom. The van der Waals surface area contributed by atoms with Crippen molar-refractivity contribution >= 4 is 5.69 Å². The molecule has 0 aliphatic carbocycles. The largest absolute Gasteiger partial charge is 0.493 e.